The first-order valence-electron chi connectivity index (χ1n) is 8.33. The molecule has 0 amide bonds. The molecule has 0 spiro atoms. The lowest BCUT2D eigenvalue weighted by atomic mass is 10.1. The van der Waals surface area contributed by atoms with E-state index >= 15 is 0 Å². The van der Waals surface area contributed by atoms with Crippen molar-refractivity contribution in [3.8, 4) is 0 Å². The highest BCUT2D eigenvalue weighted by molar-refractivity contribution is 5.66. The number of benzene rings is 1. The first-order chi connectivity index (χ1) is 12.1. The standard InChI is InChI=1S/C17H21N5O3/c1-11-13(4-2-5-15(11)22(24)25)19-16-10-14(12-6-7-12)20-17(21-16)18-8-3-9-23/h2,4-5,10,12,23H,3,6-9H2,1H3,(H2,18,19,20,21). The number of nitro benzene ring substituents is 1. The molecule has 25 heavy (non-hydrogen) atoms. The van der Waals surface area contributed by atoms with Crippen LogP contribution in [0.25, 0.3) is 0 Å². The van der Waals surface area contributed by atoms with Crippen LogP contribution in [0.4, 0.5) is 23.1 Å². The summed E-state index contributed by atoms with van der Waals surface area (Å²) in [5, 5.41) is 26.3. The maximum absolute atomic E-state index is 11.1. The van der Waals surface area contributed by atoms with Crippen LogP contribution in [0.1, 0.15) is 36.4 Å². The zero-order valence-corrected chi connectivity index (χ0v) is 14.0. The molecule has 0 unspecified atom stereocenters. The molecule has 3 rings (SSSR count). The molecular weight excluding hydrogens is 322 g/mol. The Balaban J connectivity index is 1.86. The van der Waals surface area contributed by atoms with Crippen molar-refractivity contribution >= 4 is 23.1 Å². The molecule has 0 atom stereocenters. The minimum Gasteiger partial charge on any atom is -0.396 e. The predicted octanol–water partition coefficient (Wildman–Crippen LogP) is 3.11. The molecule has 132 valence electrons. The van der Waals surface area contributed by atoms with E-state index in [1.165, 1.54) is 6.07 Å². The number of nitrogens with zero attached hydrogens (tertiary/aromatic N) is 3. The molecule has 3 N–H and O–H groups in total. The van der Waals surface area contributed by atoms with E-state index in [0.29, 0.717) is 41.9 Å². The molecule has 0 aliphatic heterocycles. The Bertz CT molecular complexity index is 777. The Morgan fingerprint density at radius 1 is 1.36 bits per heavy atom. The smallest absolute Gasteiger partial charge is 0.274 e. The van der Waals surface area contributed by atoms with Crippen LogP contribution < -0.4 is 10.6 Å². The summed E-state index contributed by atoms with van der Waals surface area (Å²) in [5.41, 5.74) is 2.25. The van der Waals surface area contributed by atoms with Gasteiger partial charge in [-0.15, -0.1) is 0 Å². The Morgan fingerprint density at radius 3 is 2.84 bits per heavy atom. The maximum Gasteiger partial charge on any atom is 0.274 e. The normalized spacial score (nSPS) is 13.5. The van der Waals surface area contributed by atoms with Crippen LogP contribution in [0.2, 0.25) is 0 Å². The lowest BCUT2D eigenvalue weighted by molar-refractivity contribution is -0.385. The lowest BCUT2D eigenvalue weighted by Crippen LogP contribution is -2.09. The van der Waals surface area contributed by atoms with Gasteiger partial charge in [-0.2, -0.15) is 4.98 Å². The third kappa shape index (κ3) is 4.21. The number of anilines is 3. The van der Waals surface area contributed by atoms with Gasteiger partial charge in [-0.05, 0) is 32.3 Å². The Hall–Kier alpha value is -2.74. The molecule has 8 nitrogen and oxygen atoms in total. The van der Waals surface area contributed by atoms with Gasteiger partial charge in [-0.3, -0.25) is 10.1 Å². The molecule has 2 aromatic rings. The second-order valence-corrected chi connectivity index (χ2v) is 6.11. The van der Waals surface area contributed by atoms with Gasteiger partial charge in [0.15, 0.2) is 0 Å². The molecule has 0 radical (unpaired) electrons. The second kappa shape index (κ2) is 7.43. The van der Waals surface area contributed by atoms with Crippen molar-refractivity contribution in [1.82, 2.24) is 9.97 Å². The molecule has 8 heteroatoms. The second-order valence-electron chi connectivity index (χ2n) is 6.11. The van der Waals surface area contributed by atoms with Gasteiger partial charge in [0, 0.05) is 36.9 Å². The number of rotatable bonds is 8. The fourth-order valence-corrected chi connectivity index (χ4v) is 2.57. The summed E-state index contributed by atoms with van der Waals surface area (Å²) >= 11 is 0. The fraction of sp³-hybridized carbons (Fsp3) is 0.412. The zero-order valence-electron chi connectivity index (χ0n) is 14.0. The molecule has 1 fully saturated rings. The Morgan fingerprint density at radius 2 is 2.16 bits per heavy atom. The molecule has 1 saturated carbocycles. The summed E-state index contributed by atoms with van der Waals surface area (Å²) in [6.07, 6.45) is 2.84. The maximum atomic E-state index is 11.1. The fourth-order valence-electron chi connectivity index (χ4n) is 2.57. The average molecular weight is 343 g/mol. The molecule has 1 aromatic carbocycles. The molecular formula is C17H21N5O3. The van der Waals surface area contributed by atoms with Gasteiger partial charge in [0.2, 0.25) is 5.95 Å². The van der Waals surface area contributed by atoms with E-state index in [2.05, 4.69) is 20.6 Å². The van der Waals surface area contributed by atoms with Crippen molar-refractivity contribution in [3.05, 3.63) is 45.6 Å². The number of aromatic nitrogens is 2. The van der Waals surface area contributed by atoms with E-state index in [4.69, 9.17) is 5.11 Å². The Kier molecular flexibility index (Phi) is 5.08. The zero-order chi connectivity index (χ0) is 17.8. The summed E-state index contributed by atoms with van der Waals surface area (Å²) in [7, 11) is 0. The highest BCUT2D eigenvalue weighted by Gasteiger charge is 2.26. The minimum atomic E-state index is -0.391. The van der Waals surface area contributed by atoms with Crippen molar-refractivity contribution in [2.75, 3.05) is 23.8 Å². The first-order valence-corrected chi connectivity index (χ1v) is 8.33. The lowest BCUT2D eigenvalue weighted by Gasteiger charge is -2.12. The van der Waals surface area contributed by atoms with Gasteiger partial charge >= 0.3 is 0 Å². The summed E-state index contributed by atoms with van der Waals surface area (Å²) in [4.78, 5) is 19.7. The third-order valence-electron chi connectivity index (χ3n) is 4.12. The van der Waals surface area contributed by atoms with Crippen LogP contribution in [0.15, 0.2) is 24.3 Å². The van der Waals surface area contributed by atoms with Crippen molar-refractivity contribution in [1.29, 1.82) is 0 Å². The van der Waals surface area contributed by atoms with Crippen LogP contribution in [0, 0.1) is 17.0 Å². The van der Waals surface area contributed by atoms with E-state index in [9.17, 15) is 10.1 Å². The van der Waals surface area contributed by atoms with Crippen LogP contribution in [0.5, 0.6) is 0 Å². The number of aliphatic hydroxyl groups is 1. The highest BCUT2D eigenvalue weighted by Crippen LogP contribution is 2.40. The van der Waals surface area contributed by atoms with Gasteiger partial charge in [-0.25, -0.2) is 4.98 Å². The van der Waals surface area contributed by atoms with Crippen LogP contribution in [0.3, 0.4) is 0 Å². The van der Waals surface area contributed by atoms with Crippen LogP contribution >= 0.6 is 0 Å². The molecule has 1 heterocycles. The van der Waals surface area contributed by atoms with Crippen LogP contribution in [-0.4, -0.2) is 33.1 Å². The van der Waals surface area contributed by atoms with Crippen molar-refractivity contribution < 1.29 is 10.0 Å². The first kappa shape index (κ1) is 17.1. The molecule has 0 bridgehead atoms. The van der Waals surface area contributed by atoms with Gasteiger partial charge in [0.1, 0.15) is 5.82 Å². The van der Waals surface area contributed by atoms with Crippen molar-refractivity contribution in [3.63, 3.8) is 0 Å². The summed E-state index contributed by atoms with van der Waals surface area (Å²) in [6, 6.07) is 6.82. The summed E-state index contributed by atoms with van der Waals surface area (Å²) in [5.74, 6) is 1.56. The number of hydrogen-bond donors (Lipinski definition) is 3. The number of nitrogens with one attached hydrogen (secondary N) is 2. The van der Waals surface area contributed by atoms with Gasteiger partial charge in [0.05, 0.1) is 16.2 Å². The van der Waals surface area contributed by atoms with E-state index < -0.39 is 4.92 Å². The average Bonchev–Trinajstić information content (AvgIpc) is 3.42. The molecule has 1 aliphatic carbocycles. The van der Waals surface area contributed by atoms with Crippen LogP contribution in [-0.2, 0) is 0 Å². The van der Waals surface area contributed by atoms with Crippen molar-refractivity contribution in [2.45, 2.75) is 32.1 Å². The summed E-state index contributed by atoms with van der Waals surface area (Å²) < 4.78 is 0. The summed E-state index contributed by atoms with van der Waals surface area (Å²) in [6.45, 7) is 2.40. The van der Waals surface area contributed by atoms with E-state index in [0.717, 1.165) is 18.5 Å². The third-order valence-corrected chi connectivity index (χ3v) is 4.12. The topological polar surface area (TPSA) is 113 Å². The monoisotopic (exact) mass is 343 g/mol. The number of aliphatic hydroxyl groups excluding tert-OH is 1. The highest BCUT2D eigenvalue weighted by atomic mass is 16.6. The molecule has 0 saturated heterocycles. The minimum absolute atomic E-state index is 0.0720. The molecule has 1 aliphatic rings. The quantitative estimate of drug-likeness (QED) is 0.383. The SMILES string of the molecule is Cc1c(Nc2cc(C3CC3)nc(NCCCO)n2)cccc1[N+](=O)[O-]. The van der Waals surface area contributed by atoms with Gasteiger partial charge in [0.25, 0.3) is 5.69 Å². The van der Waals surface area contributed by atoms with Gasteiger partial charge in [-0.1, -0.05) is 6.07 Å². The Labute approximate surface area is 145 Å². The van der Waals surface area contributed by atoms with E-state index in [-0.39, 0.29) is 12.3 Å². The molecule has 1 aromatic heterocycles. The van der Waals surface area contributed by atoms with E-state index in [1.807, 2.05) is 6.07 Å². The predicted molar refractivity (Wildman–Crippen MR) is 95.3 cm³/mol. The largest absolute Gasteiger partial charge is 0.396 e. The number of hydrogen-bond acceptors (Lipinski definition) is 7. The van der Waals surface area contributed by atoms with Gasteiger partial charge < -0.3 is 15.7 Å². The van der Waals surface area contributed by atoms with Crippen molar-refractivity contribution in [2.24, 2.45) is 0 Å². The number of nitro groups is 1. The van der Waals surface area contributed by atoms with E-state index in [1.54, 1.807) is 19.1 Å².